The Kier molecular flexibility index (Phi) is 5.81. The highest BCUT2D eigenvalue weighted by Gasteiger charge is 2.37. The molecule has 3 aromatic rings. The van der Waals surface area contributed by atoms with Gasteiger partial charge in [-0.3, -0.25) is 9.59 Å². The molecule has 0 spiro atoms. The van der Waals surface area contributed by atoms with Gasteiger partial charge in [-0.15, -0.1) is 0 Å². The molecule has 2 bridgehead atoms. The van der Waals surface area contributed by atoms with Gasteiger partial charge in [0.25, 0.3) is 11.5 Å². The Morgan fingerprint density at radius 2 is 1.73 bits per heavy atom. The van der Waals surface area contributed by atoms with Gasteiger partial charge in [-0.1, -0.05) is 35.9 Å². The first-order valence-corrected chi connectivity index (χ1v) is 11.5. The third kappa shape index (κ3) is 4.33. The number of nitrogens with zero attached hydrogens (tertiary/aromatic N) is 2. The summed E-state index contributed by atoms with van der Waals surface area (Å²) < 4.78 is 7.12. The minimum atomic E-state index is 0.0253. The summed E-state index contributed by atoms with van der Waals surface area (Å²) in [5, 5.41) is 0.700. The number of benzene rings is 2. The molecule has 2 atom stereocenters. The SMILES string of the molecule is COc1ccc(C(=O)N2C[C@H]3C[C@H](C2)c2c(C=Cc4ccc(Cl)cc4)ccc(=O)n2C3)cc1. The first-order chi connectivity index (χ1) is 16.0. The molecule has 2 aliphatic heterocycles. The predicted octanol–water partition coefficient (Wildman–Crippen LogP) is 4.94. The molecule has 33 heavy (non-hydrogen) atoms. The molecule has 1 fully saturated rings. The van der Waals surface area contributed by atoms with Gasteiger partial charge in [0.15, 0.2) is 0 Å². The zero-order valence-electron chi connectivity index (χ0n) is 18.4. The maximum atomic E-state index is 13.2. The topological polar surface area (TPSA) is 51.5 Å². The number of rotatable bonds is 4. The van der Waals surface area contributed by atoms with Crippen LogP contribution < -0.4 is 10.3 Å². The fourth-order valence-corrected chi connectivity index (χ4v) is 5.16. The van der Waals surface area contributed by atoms with Crippen molar-refractivity contribution >= 4 is 29.7 Å². The van der Waals surface area contributed by atoms with E-state index in [0.29, 0.717) is 30.2 Å². The van der Waals surface area contributed by atoms with Crippen molar-refractivity contribution in [1.29, 1.82) is 0 Å². The first-order valence-electron chi connectivity index (χ1n) is 11.1. The Labute approximate surface area is 197 Å². The Balaban J connectivity index is 1.44. The summed E-state index contributed by atoms with van der Waals surface area (Å²) in [7, 11) is 1.61. The molecule has 0 saturated carbocycles. The number of likely N-dealkylation sites (tertiary alicyclic amines) is 1. The number of fused-ring (bicyclic) bond motifs is 4. The number of pyridine rings is 1. The van der Waals surface area contributed by atoms with E-state index in [1.807, 2.05) is 70.1 Å². The monoisotopic (exact) mass is 460 g/mol. The number of carbonyl (C=O) groups is 1. The van der Waals surface area contributed by atoms with Gasteiger partial charge in [-0.25, -0.2) is 0 Å². The van der Waals surface area contributed by atoms with Crippen molar-refractivity contribution in [3.8, 4) is 5.75 Å². The van der Waals surface area contributed by atoms with Crippen LogP contribution in [0.5, 0.6) is 5.75 Å². The molecule has 168 valence electrons. The highest BCUT2D eigenvalue weighted by molar-refractivity contribution is 6.30. The minimum Gasteiger partial charge on any atom is -0.497 e. The number of piperidine rings is 1. The summed E-state index contributed by atoms with van der Waals surface area (Å²) in [6.45, 7) is 1.91. The molecule has 1 aromatic heterocycles. The molecule has 2 aliphatic rings. The molecule has 1 saturated heterocycles. The summed E-state index contributed by atoms with van der Waals surface area (Å²) in [5.41, 5.74) is 3.77. The van der Waals surface area contributed by atoms with Gasteiger partial charge in [0.05, 0.1) is 7.11 Å². The number of ether oxygens (including phenoxy) is 1. The second kappa shape index (κ2) is 8.91. The van der Waals surface area contributed by atoms with Crippen molar-refractivity contribution in [2.75, 3.05) is 20.2 Å². The normalized spacial score (nSPS) is 19.4. The molecule has 0 N–H and O–H groups in total. The predicted molar refractivity (Wildman–Crippen MR) is 131 cm³/mol. The van der Waals surface area contributed by atoms with E-state index in [1.165, 1.54) is 0 Å². The summed E-state index contributed by atoms with van der Waals surface area (Å²) >= 11 is 6.00. The molecule has 0 unspecified atom stereocenters. The maximum Gasteiger partial charge on any atom is 0.253 e. The molecule has 6 heteroatoms. The van der Waals surface area contributed by atoms with Gasteiger partial charge < -0.3 is 14.2 Å². The maximum absolute atomic E-state index is 13.2. The van der Waals surface area contributed by atoms with E-state index in [-0.39, 0.29) is 23.3 Å². The van der Waals surface area contributed by atoms with Crippen LogP contribution in [0.15, 0.2) is 65.5 Å². The zero-order valence-corrected chi connectivity index (χ0v) is 19.2. The molecular weight excluding hydrogens is 436 g/mol. The first kappa shape index (κ1) is 21.5. The summed E-state index contributed by atoms with van der Waals surface area (Å²) in [5.74, 6) is 1.15. The van der Waals surface area contributed by atoms with Crippen molar-refractivity contribution in [3.63, 3.8) is 0 Å². The zero-order chi connectivity index (χ0) is 22.9. The third-order valence-corrected chi connectivity index (χ3v) is 6.82. The summed E-state index contributed by atoms with van der Waals surface area (Å²) in [4.78, 5) is 27.9. The molecule has 0 aliphatic carbocycles. The van der Waals surface area contributed by atoms with Gasteiger partial charge >= 0.3 is 0 Å². The van der Waals surface area contributed by atoms with Gasteiger partial charge in [0.1, 0.15) is 5.75 Å². The van der Waals surface area contributed by atoms with Crippen molar-refractivity contribution in [1.82, 2.24) is 9.47 Å². The van der Waals surface area contributed by atoms with E-state index < -0.39 is 0 Å². The Morgan fingerprint density at radius 3 is 2.45 bits per heavy atom. The molecule has 5 nitrogen and oxygen atoms in total. The minimum absolute atomic E-state index is 0.0253. The number of hydrogen-bond acceptors (Lipinski definition) is 3. The number of methoxy groups -OCH3 is 1. The number of hydrogen-bond donors (Lipinski definition) is 0. The van der Waals surface area contributed by atoms with Crippen LogP contribution in [-0.4, -0.2) is 35.6 Å². The van der Waals surface area contributed by atoms with Gasteiger partial charge in [0.2, 0.25) is 0 Å². The summed E-state index contributed by atoms with van der Waals surface area (Å²) in [6, 6.07) is 18.4. The van der Waals surface area contributed by atoms with E-state index in [2.05, 4.69) is 6.08 Å². The Hall–Kier alpha value is -3.31. The Bertz CT molecular complexity index is 1260. The second-order valence-electron chi connectivity index (χ2n) is 8.74. The fraction of sp³-hybridized carbons (Fsp3) is 0.259. The van der Waals surface area contributed by atoms with Crippen molar-refractivity contribution in [3.05, 3.63) is 98.4 Å². The van der Waals surface area contributed by atoms with Crippen LogP contribution in [0.4, 0.5) is 0 Å². The lowest BCUT2D eigenvalue weighted by atomic mass is 9.81. The van der Waals surface area contributed by atoms with Crippen LogP contribution in [0.3, 0.4) is 0 Å². The van der Waals surface area contributed by atoms with E-state index in [1.54, 1.807) is 13.2 Å². The lowest BCUT2D eigenvalue weighted by Gasteiger charge is -2.43. The van der Waals surface area contributed by atoms with Gasteiger partial charge in [-0.05, 0) is 65.9 Å². The van der Waals surface area contributed by atoms with Crippen LogP contribution in [-0.2, 0) is 6.54 Å². The van der Waals surface area contributed by atoms with Crippen LogP contribution in [0, 0.1) is 5.92 Å². The van der Waals surface area contributed by atoms with Gasteiger partial charge in [0, 0.05) is 47.9 Å². The third-order valence-electron chi connectivity index (χ3n) is 6.57. The molecule has 3 heterocycles. The second-order valence-corrected chi connectivity index (χ2v) is 9.18. The number of halogens is 1. The number of aromatic nitrogens is 1. The van der Waals surface area contributed by atoms with E-state index in [9.17, 15) is 9.59 Å². The van der Waals surface area contributed by atoms with Crippen molar-refractivity contribution in [2.45, 2.75) is 18.9 Å². The van der Waals surface area contributed by atoms with Crippen LogP contribution in [0.25, 0.3) is 12.2 Å². The fourth-order valence-electron chi connectivity index (χ4n) is 5.03. The van der Waals surface area contributed by atoms with Crippen molar-refractivity contribution in [2.24, 2.45) is 5.92 Å². The highest BCUT2D eigenvalue weighted by atomic mass is 35.5. The number of amides is 1. The van der Waals surface area contributed by atoms with Crippen LogP contribution in [0.1, 0.15) is 39.5 Å². The van der Waals surface area contributed by atoms with E-state index >= 15 is 0 Å². The van der Waals surface area contributed by atoms with Gasteiger partial charge in [-0.2, -0.15) is 0 Å². The lowest BCUT2D eigenvalue weighted by Crippen LogP contribution is -2.49. The van der Waals surface area contributed by atoms with Crippen molar-refractivity contribution < 1.29 is 9.53 Å². The van der Waals surface area contributed by atoms with E-state index in [0.717, 1.165) is 29.0 Å². The molecule has 1 amide bonds. The largest absolute Gasteiger partial charge is 0.497 e. The number of carbonyl (C=O) groups excluding carboxylic acids is 1. The van der Waals surface area contributed by atoms with Crippen LogP contribution >= 0.6 is 11.6 Å². The molecule has 5 rings (SSSR count). The summed E-state index contributed by atoms with van der Waals surface area (Å²) in [6.07, 6.45) is 5.07. The average Bonchev–Trinajstić information content (AvgIpc) is 2.84. The standard InChI is InChI=1S/C27H25ClN2O3/c1-33-24-11-6-21(7-12-24)27(32)29-15-19-14-22(17-29)26-20(8-13-25(31)30(26)16-19)5-2-18-3-9-23(28)10-4-18/h2-13,19,22H,14-17H2,1H3/t19-,22-/m1/s1. The quantitative estimate of drug-likeness (QED) is 0.554. The lowest BCUT2D eigenvalue weighted by molar-refractivity contribution is 0.0594. The highest BCUT2D eigenvalue weighted by Crippen LogP contribution is 2.37. The molecule has 0 radical (unpaired) electrons. The van der Waals surface area contributed by atoms with E-state index in [4.69, 9.17) is 16.3 Å². The Morgan fingerprint density at radius 1 is 0.970 bits per heavy atom. The van der Waals surface area contributed by atoms with Crippen LogP contribution in [0.2, 0.25) is 5.02 Å². The molecule has 2 aromatic carbocycles. The average molecular weight is 461 g/mol. The smallest absolute Gasteiger partial charge is 0.253 e. The molecular formula is C27H25ClN2O3.